The summed E-state index contributed by atoms with van der Waals surface area (Å²) in [5.41, 5.74) is 2.71. The van der Waals surface area contributed by atoms with E-state index in [-0.39, 0.29) is 17.9 Å². The van der Waals surface area contributed by atoms with Gasteiger partial charge in [-0.15, -0.1) is 0 Å². The zero-order valence-corrected chi connectivity index (χ0v) is 16.3. The van der Waals surface area contributed by atoms with Gasteiger partial charge in [-0.3, -0.25) is 4.99 Å². The average Bonchev–Trinajstić information content (AvgIpc) is 2.78. The van der Waals surface area contributed by atoms with Crippen LogP contribution in [0, 0.1) is 0 Å². The Hall–Kier alpha value is -3.66. The van der Waals surface area contributed by atoms with Crippen LogP contribution in [0.5, 0.6) is 0 Å². The molecule has 0 aliphatic carbocycles. The van der Waals surface area contributed by atoms with Gasteiger partial charge in [0.25, 0.3) is 0 Å². The molecule has 0 aliphatic rings. The molecule has 3 rings (SSSR count). The van der Waals surface area contributed by atoms with Crippen LogP contribution in [0.15, 0.2) is 102 Å². The van der Waals surface area contributed by atoms with Crippen molar-refractivity contribution < 1.29 is 14.6 Å². The Kier molecular flexibility index (Phi) is 6.95. The summed E-state index contributed by atoms with van der Waals surface area (Å²) in [7, 11) is 0. The third-order valence-corrected chi connectivity index (χ3v) is 4.31. The number of carbonyl (C=O) groups excluding carboxylic acids is 1. The lowest BCUT2D eigenvalue weighted by Gasteiger charge is -2.14. The molecule has 0 amide bonds. The molecule has 0 spiro atoms. The first-order chi connectivity index (χ1) is 14.2. The van der Waals surface area contributed by atoms with Crippen molar-refractivity contribution in [1.82, 2.24) is 0 Å². The lowest BCUT2D eigenvalue weighted by molar-refractivity contribution is -0.137. The number of nitrogens with zero attached hydrogens (tertiary/aromatic N) is 1. The van der Waals surface area contributed by atoms with E-state index in [1.807, 2.05) is 66.7 Å². The minimum atomic E-state index is -0.607. The monoisotopic (exact) mass is 385 g/mol. The van der Waals surface area contributed by atoms with Crippen LogP contribution in [0.3, 0.4) is 0 Å². The maximum atomic E-state index is 12.9. The number of aliphatic imine (C=N–C) groups is 1. The van der Waals surface area contributed by atoms with Gasteiger partial charge in [-0.2, -0.15) is 0 Å². The molecule has 3 aromatic rings. The van der Waals surface area contributed by atoms with E-state index in [9.17, 15) is 9.90 Å². The highest BCUT2D eigenvalue weighted by Crippen LogP contribution is 2.22. The first-order valence-corrected chi connectivity index (χ1v) is 9.50. The summed E-state index contributed by atoms with van der Waals surface area (Å²) in [4.78, 5) is 17.6. The van der Waals surface area contributed by atoms with Crippen LogP contribution in [0.25, 0.3) is 5.76 Å². The van der Waals surface area contributed by atoms with Gasteiger partial charge < -0.3 is 9.84 Å². The number of rotatable bonds is 7. The van der Waals surface area contributed by atoms with E-state index < -0.39 is 5.97 Å². The number of hydrogen-bond donors (Lipinski definition) is 1. The lowest BCUT2D eigenvalue weighted by atomic mass is 9.98. The van der Waals surface area contributed by atoms with Crippen LogP contribution >= 0.6 is 0 Å². The van der Waals surface area contributed by atoms with Crippen molar-refractivity contribution in [2.24, 2.45) is 4.99 Å². The summed E-state index contributed by atoms with van der Waals surface area (Å²) in [5, 5.41) is 11.0. The van der Waals surface area contributed by atoms with Gasteiger partial charge in [0, 0.05) is 11.1 Å². The number of aliphatic hydroxyl groups is 1. The van der Waals surface area contributed by atoms with Gasteiger partial charge >= 0.3 is 5.97 Å². The van der Waals surface area contributed by atoms with Gasteiger partial charge in [-0.1, -0.05) is 91.0 Å². The van der Waals surface area contributed by atoms with E-state index in [1.165, 1.54) is 0 Å². The predicted molar refractivity (Wildman–Crippen MR) is 116 cm³/mol. The Morgan fingerprint density at radius 2 is 1.34 bits per heavy atom. The van der Waals surface area contributed by atoms with Crippen LogP contribution in [0.4, 0.5) is 0 Å². The maximum Gasteiger partial charge on any atom is 0.344 e. The normalized spacial score (nSPS) is 12.2. The molecule has 0 aromatic heterocycles. The van der Waals surface area contributed by atoms with Gasteiger partial charge in [0.1, 0.15) is 11.3 Å². The van der Waals surface area contributed by atoms with Crippen molar-refractivity contribution in [2.45, 2.75) is 13.5 Å². The highest BCUT2D eigenvalue weighted by atomic mass is 16.5. The minimum Gasteiger partial charge on any atom is -0.506 e. The molecule has 0 saturated heterocycles. The minimum absolute atomic E-state index is 0.0557. The second kappa shape index (κ2) is 10.0. The topological polar surface area (TPSA) is 58.9 Å². The Morgan fingerprint density at radius 1 is 0.828 bits per heavy atom. The van der Waals surface area contributed by atoms with Crippen molar-refractivity contribution >= 4 is 17.4 Å². The van der Waals surface area contributed by atoms with E-state index in [4.69, 9.17) is 9.73 Å². The Bertz CT molecular complexity index is 994. The average molecular weight is 385 g/mol. The van der Waals surface area contributed by atoms with E-state index >= 15 is 0 Å². The van der Waals surface area contributed by atoms with Crippen molar-refractivity contribution in [3.63, 3.8) is 0 Å². The molecule has 3 aromatic carbocycles. The molecule has 1 N–H and O–H groups in total. The molecule has 0 saturated carbocycles. The predicted octanol–water partition coefficient (Wildman–Crippen LogP) is 5.21. The molecule has 0 atom stereocenters. The zero-order chi connectivity index (χ0) is 20.5. The molecule has 4 heteroatoms. The summed E-state index contributed by atoms with van der Waals surface area (Å²) in [5.74, 6) is -0.760. The zero-order valence-electron chi connectivity index (χ0n) is 16.3. The number of ether oxygens (including phenoxy) is 1. The first-order valence-electron chi connectivity index (χ1n) is 9.50. The summed E-state index contributed by atoms with van der Waals surface area (Å²) < 4.78 is 5.26. The smallest absolute Gasteiger partial charge is 0.344 e. The molecule has 0 aliphatic heterocycles. The van der Waals surface area contributed by atoms with Gasteiger partial charge in [-0.05, 0) is 12.5 Å². The molecule has 146 valence electrons. The van der Waals surface area contributed by atoms with Gasteiger partial charge in [0.15, 0.2) is 0 Å². The number of esters is 1. The summed E-state index contributed by atoms with van der Waals surface area (Å²) in [6, 6.07) is 28.1. The van der Waals surface area contributed by atoms with Crippen molar-refractivity contribution in [3.8, 4) is 0 Å². The Morgan fingerprint density at radius 3 is 1.90 bits per heavy atom. The van der Waals surface area contributed by atoms with Crippen molar-refractivity contribution in [2.75, 3.05) is 6.61 Å². The fourth-order valence-electron chi connectivity index (χ4n) is 2.91. The molecular weight excluding hydrogens is 362 g/mol. The fourth-order valence-corrected chi connectivity index (χ4v) is 2.91. The SMILES string of the molecule is CCOC(=O)C(C(=NCc1ccccc1)c1ccccc1)=C(O)c1ccccc1. The molecule has 29 heavy (non-hydrogen) atoms. The van der Waals surface area contributed by atoms with Crippen molar-refractivity contribution in [1.29, 1.82) is 0 Å². The molecule has 0 heterocycles. The fraction of sp³-hybridized carbons (Fsp3) is 0.120. The molecule has 4 nitrogen and oxygen atoms in total. The molecule has 0 radical (unpaired) electrons. The lowest BCUT2D eigenvalue weighted by Crippen LogP contribution is -2.19. The van der Waals surface area contributed by atoms with Gasteiger partial charge in [0.05, 0.1) is 18.9 Å². The third kappa shape index (κ3) is 5.20. The highest BCUT2D eigenvalue weighted by Gasteiger charge is 2.25. The number of carbonyl (C=O) groups is 1. The second-order valence-corrected chi connectivity index (χ2v) is 6.33. The Balaban J connectivity index is 2.16. The number of benzene rings is 3. The summed E-state index contributed by atoms with van der Waals surface area (Å²) >= 11 is 0. The van der Waals surface area contributed by atoms with Crippen LogP contribution in [-0.4, -0.2) is 23.4 Å². The van der Waals surface area contributed by atoms with Crippen molar-refractivity contribution in [3.05, 3.63) is 113 Å². The van der Waals surface area contributed by atoms with Gasteiger partial charge in [0.2, 0.25) is 0 Å². The highest BCUT2D eigenvalue weighted by molar-refractivity contribution is 6.30. The Labute approximate surface area is 170 Å². The van der Waals surface area contributed by atoms with E-state index in [2.05, 4.69) is 0 Å². The second-order valence-electron chi connectivity index (χ2n) is 6.33. The molecule has 0 fully saturated rings. The summed E-state index contributed by atoms with van der Waals surface area (Å²) in [6.45, 7) is 2.31. The van der Waals surface area contributed by atoms with E-state index in [1.54, 1.807) is 31.2 Å². The van der Waals surface area contributed by atoms with Gasteiger partial charge in [-0.25, -0.2) is 4.79 Å². The largest absolute Gasteiger partial charge is 0.506 e. The molecule has 0 bridgehead atoms. The van der Waals surface area contributed by atoms with Crippen LogP contribution < -0.4 is 0 Å². The van der Waals surface area contributed by atoms with E-state index in [0.29, 0.717) is 17.8 Å². The van der Waals surface area contributed by atoms with E-state index in [0.717, 1.165) is 11.1 Å². The quantitative estimate of drug-likeness (QED) is 0.263. The van der Waals surface area contributed by atoms with Crippen LogP contribution in [-0.2, 0) is 16.1 Å². The molecular formula is C25H23NO3. The standard InChI is InChI=1S/C25H23NO3/c1-2-29-25(28)22(24(27)21-16-10-5-11-17-21)23(20-14-8-4-9-15-20)26-18-19-12-6-3-7-13-19/h3-17,27H,2,18H2,1H3. The third-order valence-electron chi connectivity index (χ3n) is 4.31. The van der Waals surface area contributed by atoms with Crippen LogP contribution in [0.1, 0.15) is 23.6 Å². The maximum absolute atomic E-state index is 12.9. The summed E-state index contributed by atoms with van der Waals surface area (Å²) in [6.07, 6.45) is 0. The first kappa shape index (κ1) is 20.1. The molecule has 0 unspecified atom stereocenters. The van der Waals surface area contributed by atoms with Crippen LogP contribution in [0.2, 0.25) is 0 Å². The number of hydrogen-bond acceptors (Lipinski definition) is 4. The number of aliphatic hydroxyl groups excluding tert-OH is 1.